The number of amidine groups is 1. The Morgan fingerprint density at radius 1 is 1.40 bits per heavy atom. The van der Waals surface area contributed by atoms with Crippen molar-refractivity contribution in [3.63, 3.8) is 0 Å². The van der Waals surface area contributed by atoms with Gasteiger partial charge >= 0.3 is 0 Å². The number of fused-ring (bicyclic) bond motifs is 1. The fraction of sp³-hybridized carbons (Fsp3) is 0.588. The summed E-state index contributed by atoms with van der Waals surface area (Å²) in [5, 5.41) is 0. The quantitative estimate of drug-likeness (QED) is 0.599. The maximum atomic E-state index is 11.5. The van der Waals surface area contributed by atoms with E-state index in [2.05, 4.69) is 16.9 Å². The second kappa shape index (κ2) is 6.97. The summed E-state index contributed by atoms with van der Waals surface area (Å²) >= 11 is 0. The zero-order valence-corrected chi connectivity index (χ0v) is 14.8. The number of imidazole rings is 1. The lowest BCUT2D eigenvalue weighted by atomic mass is 9.99. The molecular formula is C17H25N5O3. The van der Waals surface area contributed by atoms with E-state index in [1.54, 1.807) is 12.5 Å². The highest BCUT2D eigenvalue weighted by atomic mass is 16.6. The lowest BCUT2D eigenvalue weighted by molar-refractivity contribution is -0.124. The lowest BCUT2D eigenvalue weighted by Gasteiger charge is -2.19. The first-order valence-electron chi connectivity index (χ1n) is 8.49. The number of amides is 1. The Morgan fingerprint density at radius 3 is 2.80 bits per heavy atom. The van der Waals surface area contributed by atoms with E-state index in [-0.39, 0.29) is 24.2 Å². The van der Waals surface area contributed by atoms with Crippen molar-refractivity contribution in [3.8, 4) is 0 Å². The first kappa shape index (κ1) is 17.6. The summed E-state index contributed by atoms with van der Waals surface area (Å²) in [5.41, 5.74) is 14.2. The number of carbonyl (C=O) groups is 1. The highest BCUT2D eigenvalue weighted by Crippen LogP contribution is 2.37. The number of ether oxygens (including phenoxy) is 2. The molecule has 0 radical (unpaired) electrons. The monoisotopic (exact) mass is 347 g/mol. The molecule has 2 fully saturated rings. The fourth-order valence-corrected chi connectivity index (χ4v) is 3.30. The van der Waals surface area contributed by atoms with Gasteiger partial charge < -0.3 is 25.5 Å². The van der Waals surface area contributed by atoms with Crippen LogP contribution in [-0.2, 0) is 14.3 Å². The molecule has 3 heterocycles. The van der Waals surface area contributed by atoms with Crippen molar-refractivity contribution in [2.45, 2.75) is 45.4 Å². The van der Waals surface area contributed by atoms with Gasteiger partial charge in [0.15, 0.2) is 5.84 Å². The van der Waals surface area contributed by atoms with E-state index in [0.717, 1.165) is 17.7 Å². The van der Waals surface area contributed by atoms with Gasteiger partial charge in [0.25, 0.3) is 0 Å². The van der Waals surface area contributed by atoms with Crippen LogP contribution in [0.25, 0.3) is 0 Å². The molecule has 2 saturated heterocycles. The third kappa shape index (κ3) is 3.19. The van der Waals surface area contributed by atoms with Gasteiger partial charge in [-0.25, -0.2) is 9.98 Å². The molecule has 4 N–H and O–H groups in total. The summed E-state index contributed by atoms with van der Waals surface area (Å²) < 4.78 is 13.6. The Kier molecular flexibility index (Phi) is 4.91. The average molecular weight is 347 g/mol. The number of nitrogens with two attached hydrogens (primary N) is 2. The van der Waals surface area contributed by atoms with E-state index in [0.29, 0.717) is 24.7 Å². The van der Waals surface area contributed by atoms with Crippen LogP contribution >= 0.6 is 0 Å². The van der Waals surface area contributed by atoms with Gasteiger partial charge in [-0.3, -0.25) is 4.79 Å². The smallest absolute Gasteiger partial charge is 0.225 e. The second-order valence-electron chi connectivity index (χ2n) is 6.60. The van der Waals surface area contributed by atoms with Gasteiger partial charge in [0, 0.05) is 11.9 Å². The Morgan fingerprint density at radius 2 is 2.12 bits per heavy atom. The minimum Gasteiger partial charge on any atom is -0.382 e. The van der Waals surface area contributed by atoms with Crippen LogP contribution in [0, 0.1) is 12.8 Å². The zero-order valence-electron chi connectivity index (χ0n) is 14.8. The van der Waals surface area contributed by atoms with E-state index in [4.69, 9.17) is 20.9 Å². The molecule has 4 atom stereocenters. The molecule has 1 aromatic rings. The molecule has 0 aliphatic carbocycles. The third-order valence-corrected chi connectivity index (χ3v) is 5.02. The van der Waals surface area contributed by atoms with Crippen LogP contribution in [0.4, 0.5) is 0 Å². The number of carbonyl (C=O) groups excluding carboxylic acids is 1. The van der Waals surface area contributed by atoms with Gasteiger partial charge in [0.1, 0.15) is 11.8 Å². The molecule has 0 spiro atoms. The highest BCUT2D eigenvalue weighted by molar-refractivity contribution is 5.97. The minimum absolute atomic E-state index is 0.0590. The molecule has 3 unspecified atom stereocenters. The van der Waals surface area contributed by atoms with Gasteiger partial charge in [-0.1, -0.05) is 12.5 Å². The van der Waals surface area contributed by atoms with Crippen LogP contribution in [0.2, 0.25) is 0 Å². The van der Waals surface area contributed by atoms with E-state index in [1.165, 1.54) is 0 Å². The normalized spacial score (nSPS) is 29.9. The summed E-state index contributed by atoms with van der Waals surface area (Å²) in [6, 6.07) is -0.0590. The molecule has 3 rings (SSSR count). The Bertz CT molecular complexity index is 724. The Balaban J connectivity index is 1.82. The molecule has 2 aliphatic rings. The number of aliphatic imine (C=N–C) groups is 1. The second-order valence-corrected chi connectivity index (χ2v) is 6.60. The van der Waals surface area contributed by atoms with Gasteiger partial charge in [0.2, 0.25) is 5.91 Å². The number of rotatable bonds is 5. The molecule has 8 heteroatoms. The van der Waals surface area contributed by atoms with Crippen LogP contribution in [0.15, 0.2) is 23.1 Å². The largest absolute Gasteiger partial charge is 0.382 e. The molecule has 8 nitrogen and oxygen atoms in total. The number of aromatic nitrogens is 2. The van der Waals surface area contributed by atoms with E-state index in [1.807, 2.05) is 18.4 Å². The first-order valence-corrected chi connectivity index (χ1v) is 8.49. The highest BCUT2D eigenvalue weighted by Gasteiger charge is 2.50. The lowest BCUT2D eigenvalue weighted by Crippen LogP contribution is -2.35. The van der Waals surface area contributed by atoms with E-state index >= 15 is 0 Å². The molecule has 25 heavy (non-hydrogen) atoms. The van der Waals surface area contributed by atoms with Gasteiger partial charge in [-0.05, 0) is 20.3 Å². The van der Waals surface area contributed by atoms with Crippen molar-refractivity contribution in [2.75, 3.05) is 13.2 Å². The fourth-order valence-electron chi connectivity index (χ4n) is 3.30. The predicted molar refractivity (Wildman–Crippen MR) is 92.9 cm³/mol. The van der Waals surface area contributed by atoms with Crippen LogP contribution in [0.5, 0.6) is 0 Å². The summed E-state index contributed by atoms with van der Waals surface area (Å²) in [6.45, 7) is 6.75. The standard InChI is InChI=1S/C17H25N5O3/c1-4-9(2)5-20-16(18)13-10(3)22(8-21-13)12-7-25-14-11(17(19)23)6-24-15(12)14/h5,8,11-12,14-15H,4,6-7H2,1-3H3,(H2,18,20)(H2,19,23)/b9-5+/t11-,12?,14?,15?/m1/s1. The maximum Gasteiger partial charge on any atom is 0.225 e. The summed E-state index contributed by atoms with van der Waals surface area (Å²) in [5.74, 6) is -0.403. The average Bonchev–Trinajstić information content (AvgIpc) is 3.26. The van der Waals surface area contributed by atoms with Crippen molar-refractivity contribution in [2.24, 2.45) is 22.4 Å². The first-order chi connectivity index (χ1) is 11.9. The molecular weight excluding hydrogens is 322 g/mol. The molecule has 2 aliphatic heterocycles. The maximum absolute atomic E-state index is 11.5. The van der Waals surface area contributed by atoms with Crippen LogP contribution in [0.1, 0.15) is 37.7 Å². The Labute approximate surface area is 146 Å². The summed E-state index contributed by atoms with van der Waals surface area (Å²) in [4.78, 5) is 20.2. The van der Waals surface area contributed by atoms with Crippen LogP contribution < -0.4 is 11.5 Å². The molecule has 1 amide bonds. The Hall–Kier alpha value is -2.19. The number of nitrogens with zero attached hydrogens (tertiary/aromatic N) is 3. The van der Waals surface area contributed by atoms with Crippen molar-refractivity contribution >= 4 is 11.7 Å². The van der Waals surface area contributed by atoms with E-state index < -0.39 is 5.92 Å². The van der Waals surface area contributed by atoms with E-state index in [9.17, 15) is 4.79 Å². The number of allylic oxidation sites excluding steroid dienone is 1. The third-order valence-electron chi connectivity index (χ3n) is 5.02. The SMILES string of the molecule is CC/C(C)=C/N=C(N)c1ncn(C2COC3C2OC[C@H]3C(N)=O)c1C. The number of primary amides is 1. The summed E-state index contributed by atoms with van der Waals surface area (Å²) in [6.07, 6.45) is 3.90. The van der Waals surface area contributed by atoms with Gasteiger partial charge in [-0.2, -0.15) is 0 Å². The molecule has 0 bridgehead atoms. The minimum atomic E-state index is -0.396. The van der Waals surface area contributed by atoms with Crippen LogP contribution in [0.3, 0.4) is 0 Å². The molecule has 136 valence electrons. The van der Waals surface area contributed by atoms with Crippen molar-refractivity contribution < 1.29 is 14.3 Å². The van der Waals surface area contributed by atoms with Crippen LogP contribution in [-0.4, -0.2) is 46.7 Å². The topological polar surface area (TPSA) is 118 Å². The molecule has 1 aromatic heterocycles. The number of hydrogen-bond donors (Lipinski definition) is 2. The van der Waals surface area contributed by atoms with Crippen molar-refractivity contribution in [1.29, 1.82) is 0 Å². The van der Waals surface area contributed by atoms with Gasteiger partial charge in [0.05, 0.1) is 37.6 Å². The predicted octanol–water partition coefficient (Wildman–Crippen LogP) is 0.651. The molecule has 0 aromatic carbocycles. The van der Waals surface area contributed by atoms with Crippen molar-refractivity contribution in [3.05, 3.63) is 29.5 Å². The summed E-state index contributed by atoms with van der Waals surface area (Å²) in [7, 11) is 0. The zero-order chi connectivity index (χ0) is 18.1. The molecule has 0 saturated carbocycles. The number of hydrogen-bond acceptors (Lipinski definition) is 5. The van der Waals surface area contributed by atoms with Crippen molar-refractivity contribution in [1.82, 2.24) is 9.55 Å². The van der Waals surface area contributed by atoms with Gasteiger partial charge in [-0.15, -0.1) is 0 Å².